The highest BCUT2D eigenvalue weighted by Gasteiger charge is 2.22. The van der Waals surface area contributed by atoms with E-state index in [2.05, 4.69) is 34.3 Å². The number of fused-ring (bicyclic) bond motifs is 1. The maximum Gasteiger partial charge on any atom is 0.290 e. The Morgan fingerprint density at radius 3 is 2.78 bits per heavy atom. The van der Waals surface area contributed by atoms with Gasteiger partial charge in [0.25, 0.3) is 5.91 Å². The molecule has 0 radical (unpaired) electrons. The quantitative estimate of drug-likeness (QED) is 0.756. The summed E-state index contributed by atoms with van der Waals surface area (Å²) in [6.07, 6.45) is 0.776. The second-order valence-corrected chi connectivity index (χ2v) is 6.13. The highest BCUT2D eigenvalue weighted by Crippen LogP contribution is 2.22. The molecule has 6 nitrogen and oxygen atoms in total. The van der Waals surface area contributed by atoms with Gasteiger partial charge in [0.15, 0.2) is 0 Å². The van der Waals surface area contributed by atoms with E-state index in [-0.39, 0.29) is 17.7 Å². The molecule has 1 aromatic carbocycles. The van der Waals surface area contributed by atoms with Crippen molar-refractivity contribution in [1.82, 2.24) is 20.4 Å². The second-order valence-electron chi connectivity index (χ2n) is 6.13. The van der Waals surface area contributed by atoms with Crippen LogP contribution in [0.15, 0.2) is 34.9 Å². The monoisotopic (exact) mass is 312 g/mol. The van der Waals surface area contributed by atoms with Crippen LogP contribution in [0.5, 0.6) is 0 Å². The Labute approximate surface area is 134 Å². The van der Waals surface area contributed by atoms with Gasteiger partial charge in [0.05, 0.1) is 22.8 Å². The van der Waals surface area contributed by atoms with E-state index in [9.17, 15) is 4.79 Å². The SMILES string of the molecule is Cc1cc(C(=O)N[C@@H](CC(C)C)c2nc3ccccc3[nH]2)on1. The summed E-state index contributed by atoms with van der Waals surface area (Å²) < 4.78 is 5.03. The fourth-order valence-corrected chi connectivity index (χ4v) is 2.55. The molecule has 0 aliphatic rings. The summed E-state index contributed by atoms with van der Waals surface area (Å²) in [6, 6.07) is 9.24. The Morgan fingerprint density at radius 2 is 2.13 bits per heavy atom. The van der Waals surface area contributed by atoms with Gasteiger partial charge in [0.1, 0.15) is 5.82 Å². The maximum atomic E-state index is 12.4. The molecule has 23 heavy (non-hydrogen) atoms. The molecule has 0 bridgehead atoms. The molecule has 1 atom stereocenters. The highest BCUT2D eigenvalue weighted by atomic mass is 16.5. The molecule has 0 aliphatic carbocycles. The summed E-state index contributed by atoms with van der Waals surface area (Å²) in [4.78, 5) is 20.2. The number of hydrogen-bond donors (Lipinski definition) is 2. The van der Waals surface area contributed by atoms with Crippen LogP contribution in [0.2, 0.25) is 0 Å². The molecule has 6 heteroatoms. The van der Waals surface area contributed by atoms with Crippen LogP contribution in [-0.2, 0) is 0 Å². The first-order valence-corrected chi connectivity index (χ1v) is 7.71. The van der Waals surface area contributed by atoms with Crippen molar-refractivity contribution in [2.75, 3.05) is 0 Å². The fourth-order valence-electron chi connectivity index (χ4n) is 2.55. The van der Waals surface area contributed by atoms with Crippen molar-refractivity contribution in [1.29, 1.82) is 0 Å². The Morgan fingerprint density at radius 1 is 1.35 bits per heavy atom. The first kappa shape index (κ1) is 15.3. The van der Waals surface area contributed by atoms with Crippen LogP contribution in [0.1, 0.15) is 48.4 Å². The minimum absolute atomic E-state index is 0.208. The summed E-state index contributed by atoms with van der Waals surface area (Å²) in [7, 11) is 0. The number of aryl methyl sites for hydroxylation is 1. The van der Waals surface area contributed by atoms with E-state index in [0.717, 1.165) is 23.3 Å². The largest absolute Gasteiger partial charge is 0.351 e. The van der Waals surface area contributed by atoms with Gasteiger partial charge < -0.3 is 14.8 Å². The minimum atomic E-state index is -0.281. The number of nitrogens with one attached hydrogen (secondary N) is 2. The van der Waals surface area contributed by atoms with Crippen LogP contribution in [0.25, 0.3) is 11.0 Å². The van der Waals surface area contributed by atoms with Crippen molar-refractivity contribution < 1.29 is 9.32 Å². The summed E-state index contributed by atoms with van der Waals surface area (Å²) in [6.45, 7) is 6.01. The first-order valence-electron chi connectivity index (χ1n) is 7.71. The minimum Gasteiger partial charge on any atom is -0.351 e. The van der Waals surface area contributed by atoms with Gasteiger partial charge in [-0.3, -0.25) is 4.79 Å². The Bertz CT molecular complexity index is 786. The number of carbonyl (C=O) groups excluding carboxylic acids is 1. The zero-order valence-electron chi connectivity index (χ0n) is 13.5. The number of imidazole rings is 1. The van der Waals surface area contributed by atoms with Crippen molar-refractivity contribution in [3.05, 3.63) is 47.6 Å². The number of carbonyl (C=O) groups is 1. The van der Waals surface area contributed by atoms with Gasteiger partial charge >= 0.3 is 0 Å². The molecule has 0 aliphatic heterocycles. The van der Waals surface area contributed by atoms with E-state index in [4.69, 9.17) is 4.52 Å². The van der Waals surface area contributed by atoms with E-state index in [0.29, 0.717) is 11.6 Å². The lowest BCUT2D eigenvalue weighted by atomic mass is 10.0. The predicted octanol–water partition coefficient (Wildman–Crippen LogP) is 3.38. The lowest BCUT2D eigenvalue weighted by Gasteiger charge is -2.17. The van der Waals surface area contributed by atoms with Crippen molar-refractivity contribution in [3.63, 3.8) is 0 Å². The number of H-pyrrole nitrogens is 1. The standard InChI is InChI=1S/C17H20N4O2/c1-10(2)8-14(20-17(22)15-9-11(3)21-23-15)16-18-12-6-4-5-7-13(12)19-16/h4-7,9-10,14H,8H2,1-3H3,(H,18,19)(H,20,22)/t14-/m0/s1. The van der Waals surface area contributed by atoms with Crippen molar-refractivity contribution >= 4 is 16.9 Å². The van der Waals surface area contributed by atoms with E-state index in [1.54, 1.807) is 13.0 Å². The number of amides is 1. The molecule has 3 aromatic rings. The third kappa shape index (κ3) is 3.41. The van der Waals surface area contributed by atoms with Gasteiger partial charge in [-0.05, 0) is 31.4 Å². The molecule has 0 spiro atoms. The molecule has 3 rings (SSSR count). The van der Waals surface area contributed by atoms with Crippen LogP contribution < -0.4 is 5.32 Å². The van der Waals surface area contributed by atoms with E-state index in [1.807, 2.05) is 24.3 Å². The number of hydrogen-bond acceptors (Lipinski definition) is 4. The summed E-state index contributed by atoms with van der Waals surface area (Å²) in [5, 5.41) is 6.74. The number of para-hydroxylation sites is 2. The lowest BCUT2D eigenvalue weighted by Crippen LogP contribution is -2.30. The molecule has 0 saturated carbocycles. The van der Waals surface area contributed by atoms with E-state index >= 15 is 0 Å². The number of aromatic nitrogens is 3. The topological polar surface area (TPSA) is 83.8 Å². The average molecular weight is 312 g/mol. The molecule has 2 N–H and O–H groups in total. The number of nitrogens with zero attached hydrogens (tertiary/aromatic N) is 2. The molecule has 2 aromatic heterocycles. The fraction of sp³-hybridized carbons (Fsp3) is 0.353. The zero-order valence-corrected chi connectivity index (χ0v) is 13.5. The summed E-state index contributed by atoms with van der Waals surface area (Å²) in [5.74, 6) is 1.10. The van der Waals surface area contributed by atoms with Crippen LogP contribution in [0.3, 0.4) is 0 Å². The van der Waals surface area contributed by atoms with Crippen LogP contribution in [0, 0.1) is 12.8 Å². The van der Waals surface area contributed by atoms with Gasteiger partial charge in [-0.1, -0.05) is 31.1 Å². The molecule has 120 valence electrons. The van der Waals surface area contributed by atoms with Gasteiger partial charge in [0, 0.05) is 6.07 Å². The van der Waals surface area contributed by atoms with E-state index < -0.39 is 0 Å². The Balaban J connectivity index is 1.86. The molecule has 0 unspecified atom stereocenters. The normalized spacial score (nSPS) is 12.7. The third-order valence-corrected chi connectivity index (χ3v) is 3.60. The van der Waals surface area contributed by atoms with Gasteiger partial charge in [-0.2, -0.15) is 0 Å². The lowest BCUT2D eigenvalue weighted by molar-refractivity contribution is 0.0892. The molecule has 2 heterocycles. The van der Waals surface area contributed by atoms with Gasteiger partial charge in [-0.15, -0.1) is 0 Å². The second kappa shape index (κ2) is 6.24. The Kier molecular flexibility index (Phi) is 4.14. The van der Waals surface area contributed by atoms with Gasteiger partial charge in [0.2, 0.25) is 5.76 Å². The smallest absolute Gasteiger partial charge is 0.290 e. The average Bonchev–Trinajstić information content (AvgIpc) is 3.11. The first-order chi connectivity index (χ1) is 11.0. The van der Waals surface area contributed by atoms with E-state index in [1.165, 1.54) is 0 Å². The highest BCUT2D eigenvalue weighted by molar-refractivity contribution is 5.91. The zero-order chi connectivity index (χ0) is 16.4. The molecule has 0 saturated heterocycles. The van der Waals surface area contributed by atoms with Crippen LogP contribution in [0.4, 0.5) is 0 Å². The predicted molar refractivity (Wildman–Crippen MR) is 87.0 cm³/mol. The molecule has 0 fully saturated rings. The molecule has 1 amide bonds. The Hall–Kier alpha value is -2.63. The number of benzene rings is 1. The molecular weight excluding hydrogens is 292 g/mol. The van der Waals surface area contributed by atoms with Gasteiger partial charge in [-0.25, -0.2) is 4.98 Å². The summed E-state index contributed by atoms with van der Waals surface area (Å²) in [5.41, 5.74) is 2.53. The van der Waals surface area contributed by atoms with Crippen molar-refractivity contribution in [2.24, 2.45) is 5.92 Å². The summed E-state index contributed by atoms with van der Waals surface area (Å²) >= 11 is 0. The number of rotatable bonds is 5. The molecular formula is C17H20N4O2. The maximum absolute atomic E-state index is 12.4. The van der Waals surface area contributed by atoms with Crippen molar-refractivity contribution in [2.45, 2.75) is 33.2 Å². The van der Waals surface area contributed by atoms with Crippen LogP contribution in [-0.4, -0.2) is 21.0 Å². The van der Waals surface area contributed by atoms with Crippen LogP contribution >= 0.6 is 0 Å². The third-order valence-electron chi connectivity index (χ3n) is 3.60. The number of aromatic amines is 1. The van der Waals surface area contributed by atoms with Crippen molar-refractivity contribution in [3.8, 4) is 0 Å².